The van der Waals surface area contributed by atoms with Crippen molar-refractivity contribution in [3.05, 3.63) is 91.1 Å². The fraction of sp³-hybridized carbons (Fsp3) is 0.222. The Bertz CT molecular complexity index is 1240. The van der Waals surface area contributed by atoms with Crippen molar-refractivity contribution in [2.45, 2.75) is 19.4 Å². The Morgan fingerprint density at radius 3 is 2.03 bits per heavy atom. The fourth-order valence-electron chi connectivity index (χ4n) is 4.24. The van der Waals surface area contributed by atoms with Crippen molar-refractivity contribution < 1.29 is 4.79 Å². The maximum atomic E-state index is 12.8. The number of hydrogen-bond acceptors (Lipinski definition) is 6. The molecule has 0 unspecified atom stereocenters. The third kappa shape index (κ3) is 5.09. The first-order chi connectivity index (χ1) is 16.8. The number of piperidine rings is 1. The Morgan fingerprint density at radius 2 is 1.38 bits per heavy atom. The number of nitrogens with zero attached hydrogens (tertiary/aromatic N) is 5. The first-order valence-corrected chi connectivity index (χ1v) is 11.5. The van der Waals surface area contributed by atoms with Gasteiger partial charge < -0.3 is 10.2 Å². The van der Waals surface area contributed by atoms with Gasteiger partial charge in [0.25, 0.3) is 0 Å². The van der Waals surface area contributed by atoms with Crippen molar-refractivity contribution >= 4 is 11.7 Å². The van der Waals surface area contributed by atoms with Gasteiger partial charge in [-0.15, -0.1) is 0 Å². The van der Waals surface area contributed by atoms with Crippen LogP contribution in [0.15, 0.2) is 85.5 Å². The molecular weight excluding hydrogens is 424 g/mol. The minimum atomic E-state index is -0.0119. The highest BCUT2D eigenvalue weighted by atomic mass is 16.1. The molecule has 0 aliphatic carbocycles. The van der Waals surface area contributed by atoms with Crippen LogP contribution in [0.2, 0.25) is 0 Å². The Morgan fingerprint density at radius 1 is 0.794 bits per heavy atom. The summed E-state index contributed by atoms with van der Waals surface area (Å²) in [6.45, 7) is 1.97. The molecule has 1 aliphatic heterocycles. The molecule has 2 aromatic heterocycles. The van der Waals surface area contributed by atoms with Crippen molar-refractivity contribution in [1.29, 1.82) is 0 Å². The molecule has 7 nitrogen and oxygen atoms in total. The van der Waals surface area contributed by atoms with E-state index in [1.165, 1.54) is 0 Å². The summed E-state index contributed by atoms with van der Waals surface area (Å²) < 4.78 is 0. The van der Waals surface area contributed by atoms with E-state index in [1.54, 1.807) is 12.7 Å². The molecule has 1 fully saturated rings. The SMILES string of the molecule is O=C(NCc1cc(-c2ccccc2)ncn1)C1CCN(c2cc(-c3ccccc3)ncn2)CC1. The van der Waals surface area contributed by atoms with Gasteiger partial charge >= 0.3 is 0 Å². The zero-order valence-corrected chi connectivity index (χ0v) is 18.8. The molecule has 1 saturated heterocycles. The molecule has 0 atom stereocenters. The Hall–Kier alpha value is -4.13. The van der Waals surface area contributed by atoms with E-state index >= 15 is 0 Å². The maximum Gasteiger partial charge on any atom is 0.223 e. The lowest BCUT2D eigenvalue weighted by molar-refractivity contribution is -0.125. The van der Waals surface area contributed by atoms with Crippen LogP contribution >= 0.6 is 0 Å². The molecule has 0 saturated carbocycles. The van der Waals surface area contributed by atoms with Crippen LogP contribution in [0.5, 0.6) is 0 Å². The van der Waals surface area contributed by atoms with Crippen LogP contribution in [-0.2, 0) is 11.3 Å². The number of anilines is 1. The summed E-state index contributed by atoms with van der Waals surface area (Å²) in [6.07, 6.45) is 4.74. The highest BCUT2D eigenvalue weighted by Crippen LogP contribution is 2.25. The number of benzene rings is 2. The molecule has 34 heavy (non-hydrogen) atoms. The van der Waals surface area contributed by atoms with E-state index in [-0.39, 0.29) is 11.8 Å². The average molecular weight is 451 g/mol. The van der Waals surface area contributed by atoms with Gasteiger partial charge in [0.1, 0.15) is 18.5 Å². The third-order valence-electron chi connectivity index (χ3n) is 6.15. The lowest BCUT2D eigenvalue weighted by atomic mass is 9.96. The van der Waals surface area contributed by atoms with Gasteiger partial charge in [-0.1, -0.05) is 60.7 Å². The minimum absolute atomic E-state index is 0.0119. The normalized spacial score (nSPS) is 14.1. The van der Waals surface area contributed by atoms with Crippen LogP contribution < -0.4 is 10.2 Å². The van der Waals surface area contributed by atoms with Crippen molar-refractivity contribution in [2.75, 3.05) is 18.0 Å². The topological polar surface area (TPSA) is 83.9 Å². The Labute approximate surface area is 199 Å². The standard InChI is InChI=1S/C27H26N6O/c34-27(28-17-23-15-24(30-18-29-23)20-7-3-1-4-8-20)22-11-13-33(14-12-22)26-16-25(31-19-32-26)21-9-5-2-6-10-21/h1-10,15-16,18-19,22H,11-14,17H2,(H,28,34). The second kappa shape index (κ2) is 10.2. The number of nitrogens with one attached hydrogen (secondary N) is 1. The fourth-order valence-corrected chi connectivity index (χ4v) is 4.24. The molecule has 0 spiro atoms. The number of aromatic nitrogens is 4. The summed E-state index contributed by atoms with van der Waals surface area (Å²) in [4.78, 5) is 32.6. The van der Waals surface area contributed by atoms with E-state index in [9.17, 15) is 4.79 Å². The molecule has 1 N–H and O–H groups in total. The quantitative estimate of drug-likeness (QED) is 0.475. The van der Waals surface area contributed by atoms with Gasteiger partial charge in [0.15, 0.2) is 0 Å². The molecule has 5 rings (SSSR count). The summed E-state index contributed by atoms with van der Waals surface area (Å²) in [5.74, 6) is 0.969. The molecule has 0 radical (unpaired) electrons. The molecule has 4 aromatic rings. The van der Waals surface area contributed by atoms with E-state index in [0.29, 0.717) is 6.54 Å². The Kier molecular flexibility index (Phi) is 6.52. The third-order valence-corrected chi connectivity index (χ3v) is 6.15. The molecule has 3 heterocycles. The van der Waals surface area contributed by atoms with Crippen molar-refractivity contribution in [3.63, 3.8) is 0 Å². The van der Waals surface area contributed by atoms with E-state index in [0.717, 1.165) is 60.0 Å². The van der Waals surface area contributed by atoms with Gasteiger partial charge in [0.2, 0.25) is 5.91 Å². The van der Waals surface area contributed by atoms with Gasteiger partial charge in [-0.05, 0) is 18.9 Å². The second-order valence-electron chi connectivity index (χ2n) is 8.37. The average Bonchev–Trinajstić information content (AvgIpc) is 2.93. The van der Waals surface area contributed by atoms with Crippen molar-refractivity contribution in [3.8, 4) is 22.5 Å². The number of amides is 1. The number of carbonyl (C=O) groups excluding carboxylic acids is 1. The van der Waals surface area contributed by atoms with Crippen molar-refractivity contribution in [2.24, 2.45) is 5.92 Å². The van der Waals surface area contributed by atoms with Crippen LogP contribution in [-0.4, -0.2) is 38.9 Å². The summed E-state index contributed by atoms with van der Waals surface area (Å²) in [7, 11) is 0. The molecule has 1 amide bonds. The highest BCUT2D eigenvalue weighted by Gasteiger charge is 2.25. The molecule has 2 aromatic carbocycles. The smallest absolute Gasteiger partial charge is 0.223 e. The predicted molar refractivity (Wildman–Crippen MR) is 132 cm³/mol. The van der Waals surface area contributed by atoms with E-state index in [2.05, 4.69) is 30.2 Å². The zero-order chi connectivity index (χ0) is 23.2. The summed E-state index contributed by atoms with van der Waals surface area (Å²) in [5, 5.41) is 3.06. The zero-order valence-electron chi connectivity index (χ0n) is 18.8. The van der Waals surface area contributed by atoms with Crippen LogP contribution in [0.25, 0.3) is 22.5 Å². The van der Waals surface area contributed by atoms with Crippen molar-refractivity contribution in [1.82, 2.24) is 25.3 Å². The lowest BCUT2D eigenvalue weighted by Crippen LogP contribution is -2.40. The molecule has 0 bridgehead atoms. The summed E-state index contributed by atoms with van der Waals surface area (Å²) in [6, 6.07) is 24.0. The Balaban J connectivity index is 1.16. The van der Waals surface area contributed by atoms with Crippen LogP contribution in [0.3, 0.4) is 0 Å². The molecule has 170 valence electrons. The van der Waals surface area contributed by atoms with Crippen LogP contribution in [0.1, 0.15) is 18.5 Å². The van der Waals surface area contributed by atoms with E-state index < -0.39 is 0 Å². The van der Waals surface area contributed by atoms with Gasteiger partial charge in [-0.25, -0.2) is 19.9 Å². The number of carbonyl (C=O) groups is 1. The first-order valence-electron chi connectivity index (χ1n) is 11.5. The lowest BCUT2D eigenvalue weighted by Gasteiger charge is -2.32. The number of rotatable bonds is 6. The minimum Gasteiger partial charge on any atom is -0.356 e. The van der Waals surface area contributed by atoms with Gasteiger partial charge in [0.05, 0.1) is 23.6 Å². The van der Waals surface area contributed by atoms with Crippen LogP contribution in [0, 0.1) is 5.92 Å². The predicted octanol–water partition coefficient (Wildman–Crippen LogP) is 4.13. The molecular formula is C27H26N6O. The van der Waals surface area contributed by atoms with Gasteiger partial charge in [-0.3, -0.25) is 4.79 Å². The summed E-state index contributed by atoms with van der Waals surface area (Å²) in [5.41, 5.74) is 4.66. The largest absolute Gasteiger partial charge is 0.356 e. The van der Waals surface area contributed by atoms with Gasteiger partial charge in [-0.2, -0.15) is 0 Å². The van der Waals surface area contributed by atoms with E-state index in [4.69, 9.17) is 0 Å². The second-order valence-corrected chi connectivity index (χ2v) is 8.37. The molecule has 1 aliphatic rings. The monoisotopic (exact) mass is 450 g/mol. The van der Waals surface area contributed by atoms with Crippen LogP contribution in [0.4, 0.5) is 5.82 Å². The first kappa shape index (κ1) is 21.7. The van der Waals surface area contributed by atoms with Gasteiger partial charge in [0, 0.05) is 36.2 Å². The highest BCUT2D eigenvalue weighted by molar-refractivity contribution is 5.79. The summed E-state index contributed by atoms with van der Waals surface area (Å²) >= 11 is 0. The molecule has 7 heteroatoms. The number of hydrogen-bond donors (Lipinski definition) is 1. The van der Waals surface area contributed by atoms with E-state index in [1.807, 2.05) is 72.8 Å². The maximum absolute atomic E-state index is 12.8.